The average molecular weight is 292 g/mol. The topological polar surface area (TPSA) is 64.6 Å². The lowest BCUT2D eigenvalue weighted by atomic mass is 10.2. The van der Waals surface area contributed by atoms with E-state index in [1.807, 2.05) is 30.3 Å². The molecule has 0 fully saturated rings. The van der Waals surface area contributed by atoms with Gasteiger partial charge in [0.1, 0.15) is 12.2 Å². The highest BCUT2D eigenvalue weighted by atomic mass is 16.6. The number of ether oxygens (including phenoxy) is 2. The number of alkyl carbamates (subject to hydrolysis) is 1. The Morgan fingerprint density at radius 2 is 1.86 bits per heavy atom. The Hall–Kier alpha value is -2.04. The third kappa shape index (κ3) is 7.97. The summed E-state index contributed by atoms with van der Waals surface area (Å²) >= 11 is 0. The number of rotatable bonds is 5. The van der Waals surface area contributed by atoms with Gasteiger partial charge in [-0.1, -0.05) is 30.3 Å². The molecule has 0 aromatic heterocycles. The van der Waals surface area contributed by atoms with Crippen molar-refractivity contribution in [1.82, 2.24) is 5.32 Å². The van der Waals surface area contributed by atoms with Gasteiger partial charge in [0.05, 0.1) is 6.42 Å². The van der Waals surface area contributed by atoms with Crippen molar-refractivity contribution in [1.29, 1.82) is 0 Å². The highest BCUT2D eigenvalue weighted by Crippen LogP contribution is 2.07. The zero-order valence-corrected chi connectivity index (χ0v) is 12.7. The van der Waals surface area contributed by atoms with Gasteiger partial charge in [0.25, 0.3) is 0 Å². The molecular weight excluding hydrogens is 270 g/mol. The molecule has 0 aliphatic carbocycles. The van der Waals surface area contributed by atoms with Gasteiger partial charge >= 0.3 is 12.1 Å². The zero-order chi connectivity index (χ0) is 15.9. The summed E-state index contributed by atoms with van der Waals surface area (Å²) in [6, 6.07) is 8.78. The molecule has 115 valence electrons. The summed E-state index contributed by atoms with van der Waals surface area (Å²) in [5, 5.41) is 2.49. The molecule has 1 aromatic rings. The van der Waals surface area contributed by atoms with Gasteiger partial charge in [0.2, 0.25) is 0 Å². The van der Waals surface area contributed by atoms with Gasteiger partial charge in [0, 0.05) is 6.04 Å². The number of benzene rings is 1. The van der Waals surface area contributed by atoms with Gasteiger partial charge in [-0.25, -0.2) is 4.79 Å². The van der Waals surface area contributed by atoms with Crippen LogP contribution in [0.5, 0.6) is 0 Å². The highest BCUT2D eigenvalue weighted by molar-refractivity contribution is 5.73. The third-order valence-corrected chi connectivity index (χ3v) is 2.38. The molecule has 0 bridgehead atoms. The summed E-state index contributed by atoms with van der Waals surface area (Å²) in [6.45, 7) is 9.19. The molecule has 1 rings (SSSR count). The molecule has 1 N–H and O–H groups in total. The second kappa shape index (κ2) is 7.67. The van der Waals surface area contributed by atoms with Gasteiger partial charge in [-0.3, -0.25) is 4.79 Å². The first-order chi connectivity index (χ1) is 9.76. The van der Waals surface area contributed by atoms with Crippen LogP contribution in [0, 0.1) is 6.92 Å². The normalized spacial score (nSPS) is 12.4. The Morgan fingerprint density at radius 1 is 1.24 bits per heavy atom. The maximum Gasteiger partial charge on any atom is 0.407 e. The first-order valence-corrected chi connectivity index (χ1v) is 6.78. The average Bonchev–Trinajstić information content (AvgIpc) is 2.35. The van der Waals surface area contributed by atoms with Crippen LogP contribution < -0.4 is 5.32 Å². The van der Waals surface area contributed by atoms with E-state index in [9.17, 15) is 9.59 Å². The minimum absolute atomic E-state index is 0.00786. The first kappa shape index (κ1) is 17.0. The summed E-state index contributed by atoms with van der Waals surface area (Å²) in [4.78, 5) is 23.1. The van der Waals surface area contributed by atoms with Crippen LogP contribution in [0.25, 0.3) is 0 Å². The monoisotopic (exact) mass is 292 g/mol. The Kier molecular flexibility index (Phi) is 6.21. The van der Waals surface area contributed by atoms with Crippen molar-refractivity contribution in [2.75, 3.05) is 0 Å². The maximum absolute atomic E-state index is 11.6. The van der Waals surface area contributed by atoms with E-state index in [1.54, 1.807) is 20.8 Å². The minimum atomic E-state index is -0.599. The lowest BCUT2D eigenvalue weighted by Crippen LogP contribution is -2.39. The number of amides is 1. The smallest absolute Gasteiger partial charge is 0.407 e. The van der Waals surface area contributed by atoms with E-state index in [2.05, 4.69) is 12.2 Å². The van der Waals surface area contributed by atoms with Gasteiger partial charge < -0.3 is 14.8 Å². The van der Waals surface area contributed by atoms with E-state index < -0.39 is 23.7 Å². The Bertz CT molecular complexity index is 465. The second-order valence-electron chi connectivity index (χ2n) is 5.69. The Labute approximate surface area is 125 Å². The molecule has 5 nitrogen and oxygen atoms in total. The van der Waals surface area contributed by atoms with Crippen LogP contribution in [-0.2, 0) is 20.9 Å². The fraction of sp³-hybridized carbons (Fsp3) is 0.438. The highest BCUT2D eigenvalue weighted by Gasteiger charge is 2.19. The number of hydrogen-bond acceptors (Lipinski definition) is 4. The van der Waals surface area contributed by atoms with Gasteiger partial charge in [-0.05, 0) is 33.3 Å². The molecule has 1 atom stereocenters. The number of nitrogens with one attached hydrogen (secondary N) is 1. The standard InChI is InChI=1S/C16H22NO4/c1-12(17-15(19)21-16(2,3)4)10-14(18)20-11-13-8-6-5-7-9-13/h5-9,12H,1,10-11H2,2-4H3,(H,17,19)/t12-/m1/s1. The molecular formula is C16H22NO4. The van der Waals surface area contributed by atoms with E-state index in [4.69, 9.17) is 9.47 Å². The number of hydrogen-bond donors (Lipinski definition) is 1. The SMILES string of the molecule is [CH2][C@H](CC(=O)OCc1ccccc1)NC(=O)OC(C)(C)C. The number of carbonyl (C=O) groups is 2. The van der Waals surface area contributed by atoms with E-state index in [0.29, 0.717) is 0 Å². The molecule has 21 heavy (non-hydrogen) atoms. The van der Waals surface area contributed by atoms with E-state index in [0.717, 1.165) is 5.56 Å². The lowest BCUT2D eigenvalue weighted by Gasteiger charge is -2.21. The first-order valence-electron chi connectivity index (χ1n) is 6.78. The molecule has 0 aliphatic rings. The van der Waals surface area contributed by atoms with Crippen LogP contribution in [0.2, 0.25) is 0 Å². The van der Waals surface area contributed by atoms with Crippen molar-refractivity contribution in [3.05, 3.63) is 42.8 Å². The summed E-state index contributed by atoms with van der Waals surface area (Å²) < 4.78 is 10.2. The Balaban J connectivity index is 2.29. The molecule has 5 heteroatoms. The fourth-order valence-electron chi connectivity index (χ4n) is 1.52. The molecule has 0 unspecified atom stereocenters. The zero-order valence-electron chi connectivity index (χ0n) is 12.7. The Morgan fingerprint density at radius 3 is 2.43 bits per heavy atom. The van der Waals surface area contributed by atoms with Crippen molar-refractivity contribution in [3.63, 3.8) is 0 Å². The van der Waals surface area contributed by atoms with Crippen LogP contribution in [0.4, 0.5) is 4.79 Å². The largest absolute Gasteiger partial charge is 0.461 e. The van der Waals surface area contributed by atoms with Gasteiger partial charge in [-0.2, -0.15) is 0 Å². The molecule has 0 aliphatic heterocycles. The fourth-order valence-corrected chi connectivity index (χ4v) is 1.52. The predicted molar refractivity (Wildman–Crippen MR) is 79.4 cm³/mol. The van der Waals surface area contributed by atoms with Crippen molar-refractivity contribution in [3.8, 4) is 0 Å². The van der Waals surface area contributed by atoms with Crippen LogP contribution in [0.1, 0.15) is 32.8 Å². The van der Waals surface area contributed by atoms with Crippen LogP contribution in [0.3, 0.4) is 0 Å². The van der Waals surface area contributed by atoms with Crippen LogP contribution in [-0.4, -0.2) is 23.7 Å². The molecule has 1 aromatic carbocycles. The third-order valence-electron chi connectivity index (χ3n) is 2.38. The predicted octanol–water partition coefficient (Wildman–Crippen LogP) is 2.85. The van der Waals surface area contributed by atoms with Crippen LogP contribution >= 0.6 is 0 Å². The van der Waals surface area contributed by atoms with Gasteiger partial charge in [-0.15, -0.1) is 0 Å². The summed E-state index contributed by atoms with van der Waals surface area (Å²) in [6.07, 6.45) is -0.607. The quantitative estimate of drug-likeness (QED) is 0.848. The molecule has 0 heterocycles. The minimum Gasteiger partial charge on any atom is -0.461 e. The molecule has 0 saturated carbocycles. The van der Waals surface area contributed by atoms with Crippen molar-refractivity contribution >= 4 is 12.1 Å². The second-order valence-corrected chi connectivity index (χ2v) is 5.69. The lowest BCUT2D eigenvalue weighted by molar-refractivity contribution is -0.145. The van der Waals surface area contributed by atoms with E-state index in [-0.39, 0.29) is 13.0 Å². The summed E-state index contributed by atoms with van der Waals surface area (Å²) in [5.74, 6) is -0.421. The molecule has 1 amide bonds. The summed E-state index contributed by atoms with van der Waals surface area (Å²) in [7, 11) is 0. The van der Waals surface area contributed by atoms with E-state index in [1.165, 1.54) is 0 Å². The number of carbonyl (C=O) groups excluding carboxylic acids is 2. The molecule has 0 spiro atoms. The van der Waals surface area contributed by atoms with E-state index >= 15 is 0 Å². The molecule has 0 saturated heterocycles. The summed E-state index contributed by atoms with van der Waals surface area (Å²) in [5.41, 5.74) is 0.323. The molecule has 1 radical (unpaired) electrons. The van der Waals surface area contributed by atoms with Crippen molar-refractivity contribution in [2.45, 2.75) is 45.4 Å². The van der Waals surface area contributed by atoms with Crippen molar-refractivity contribution in [2.24, 2.45) is 0 Å². The van der Waals surface area contributed by atoms with Crippen molar-refractivity contribution < 1.29 is 19.1 Å². The van der Waals surface area contributed by atoms with Crippen LogP contribution in [0.15, 0.2) is 30.3 Å². The maximum atomic E-state index is 11.6. The number of esters is 1. The van der Waals surface area contributed by atoms with Gasteiger partial charge in [0.15, 0.2) is 0 Å².